The number of carbonyl (C=O) groups excluding carboxylic acids is 2. The molecule has 2 heterocycles. The Bertz CT molecular complexity index is 907. The van der Waals surface area contributed by atoms with Gasteiger partial charge in [0.05, 0.1) is 0 Å². The molecule has 0 aromatic heterocycles. The minimum Gasteiger partial charge on any atom is -0.454 e. The van der Waals surface area contributed by atoms with Gasteiger partial charge < -0.3 is 19.7 Å². The van der Waals surface area contributed by atoms with E-state index in [4.69, 9.17) is 9.47 Å². The molecule has 1 N–H and O–H groups in total. The number of fused-ring (bicyclic) bond motifs is 2. The van der Waals surface area contributed by atoms with E-state index in [0.29, 0.717) is 23.6 Å². The van der Waals surface area contributed by atoms with Crippen LogP contribution in [0.15, 0.2) is 36.4 Å². The van der Waals surface area contributed by atoms with Crippen molar-refractivity contribution in [2.45, 2.75) is 26.8 Å². The lowest BCUT2D eigenvalue weighted by Gasteiger charge is -2.30. The van der Waals surface area contributed by atoms with Gasteiger partial charge in [-0.15, -0.1) is 0 Å². The van der Waals surface area contributed by atoms with Crippen LogP contribution >= 0.6 is 0 Å². The van der Waals surface area contributed by atoms with Gasteiger partial charge in [0, 0.05) is 30.3 Å². The summed E-state index contributed by atoms with van der Waals surface area (Å²) in [7, 11) is 0. The van der Waals surface area contributed by atoms with E-state index in [1.54, 1.807) is 18.2 Å². The fourth-order valence-electron chi connectivity index (χ4n) is 3.43. The Morgan fingerprint density at radius 3 is 2.67 bits per heavy atom. The van der Waals surface area contributed by atoms with Crippen molar-refractivity contribution in [1.29, 1.82) is 0 Å². The highest BCUT2D eigenvalue weighted by Gasteiger charge is 2.23. The van der Waals surface area contributed by atoms with Crippen LogP contribution < -0.4 is 14.8 Å². The number of anilines is 1. The summed E-state index contributed by atoms with van der Waals surface area (Å²) in [6.45, 7) is 5.34. The lowest BCUT2D eigenvalue weighted by Crippen LogP contribution is -2.38. The van der Waals surface area contributed by atoms with Crippen molar-refractivity contribution in [2.24, 2.45) is 5.92 Å². The fourth-order valence-corrected chi connectivity index (χ4v) is 3.43. The van der Waals surface area contributed by atoms with Crippen molar-refractivity contribution in [3.63, 3.8) is 0 Å². The lowest BCUT2D eigenvalue weighted by molar-refractivity contribution is -0.135. The number of rotatable bonds is 3. The molecule has 0 unspecified atom stereocenters. The molecule has 2 aliphatic heterocycles. The van der Waals surface area contributed by atoms with Crippen molar-refractivity contribution < 1.29 is 19.1 Å². The first-order valence-electron chi connectivity index (χ1n) is 9.13. The van der Waals surface area contributed by atoms with E-state index in [2.05, 4.69) is 5.32 Å². The monoisotopic (exact) mass is 366 g/mol. The Hall–Kier alpha value is -3.02. The Morgan fingerprint density at radius 2 is 1.85 bits per heavy atom. The van der Waals surface area contributed by atoms with Crippen LogP contribution in [0.1, 0.15) is 35.3 Å². The van der Waals surface area contributed by atoms with Gasteiger partial charge in [-0.25, -0.2) is 0 Å². The smallest absolute Gasteiger partial charge is 0.255 e. The number of hydrogen-bond donors (Lipinski definition) is 1. The van der Waals surface area contributed by atoms with Crippen molar-refractivity contribution in [2.75, 3.05) is 18.7 Å². The minimum absolute atomic E-state index is 0.0135. The summed E-state index contributed by atoms with van der Waals surface area (Å²) in [6.07, 6.45) is 0.837. The minimum atomic E-state index is -0.209. The molecule has 2 amide bonds. The summed E-state index contributed by atoms with van der Waals surface area (Å²) in [5.41, 5.74) is 3.53. The second kappa shape index (κ2) is 6.95. The van der Waals surface area contributed by atoms with Crippen LogP contribution in [-0.2, 0) is 17.8 Å². The molecule has 0 radical (unpaired) electrons. The highest BCUT2D eigenvalue weighted by atomic mass is 16.7. The summed E-state index contributed by atoms with van der Waals surface area (Å²) in [4.78, 5) is 26.7. The van der Waals surface area contributed by atoms with Gasteiger partial charge in [0.1, 0.15) is 0 Å². The molecule has 140 valence electrons. The molecule has 0 spiro atoms. The number of hydrogen-bond acceptors (Lipinski definition) is 4. The van der Waals surface area contributed by atoms with Gasteiger partial charge in [-0.1, -0.05) is 19.9 Å². The Labute approximate surface area is 158 Å². The van der Waals surface area contributed by atoms with Gasteiger partial charge in [-0.05, 0) is 47.9 Å². The van der Waals surface area contributed by atoms with Crippen LogP contribution in [-0.4, -0.2) is 30.1 Å². The van der Waals surface area contributed by atoms with Crippen molar-refractivity contribution in [3.05, 3.63) is 53.1 Å². The van der Waals surface area contributed by atoms with Gasteiger partial charge in [-0.3, -0.25) is 9.59 Å². The second-order valence-corrected chi connectivity index (χ2v) is 7.17. The molecule has 0 atom stereocenters. The number of carbonyl (C=O) groups is 2. The number of amides is 2. The van der Waals surface area contributed by atoms with Gasteiger partial charge in [-0.2, -0.15) is 0 Å². The topological polar surface area (TPSA) is 67.9 Å². The number of nitrogens with zero attached hydrogens (tertiary/aromatic N) is 1. The maximum Gasteiger partial charge on any atom is 0.255 e. The van der Waals surface area contributed by atoms with Gasteiger partial charge in [0.15, 0.2) is 11.5 Å². The molecule has 0 fully saturated rings. The van der Waals surface area contributed by atoms with Crippen LogP contribution in [0, 0.1) is 5.92 Å². The van der Waals surface area contributed by atoms with Gasteiger partial charge in [0.2, 0.25) is 12.7 Å². The normalized spacial score (nSPS) is 14.9. The third kappa shape index (κ3) is 3.47. The molecule has 2 aliphatic rings. The van der Waals surface area contributed by atoms with Crippen LogP contribution in [0.25, 0.3) is 0 Å². The van der Waals surface area contributed by atoms with Crippen LogP contribution in [0.3, 0.4) is 0 Å². The molecular weight excluding hydrogens is 344 g/mol. The third-order valence-electron chi connectivity index (χ3n) is 4.92. The second-order valence-electron chi connectivity index (χ2n) is 7.17. The van der Waals surface area contributed by atoms with E-state index in [1.807, 2.05) is 36.9 Å². The van der Waals surface area contributed by atoms with Crippen LogP contribution in [0.5, 0.6) is 11.5 Å². The fraction of sp³-hybridized carbons (Fsp3) is 0.333. The Morgan fingerprint density at radius 1 is 1.04 bits per heavy atom. The first kappa shape index (κ1) is 17.4. The molecule has 6 nitrogen and oxygen atoms in total. The Balaban J connectivity index is 1.50. The molecule has 6 heteroatoms. The van der Waals surface area contributed by atoms with Crippen molar-refractivity contribution >= 4 is 17.5 Å². The molecule has 0 saturated carbocycles. The van der Waals surface area contributed by atoms with Crippen molar-refractivity contribution in [1.82, 2.24) is 4.90 Å². The predicted octanol–water partition coefficient (Wildman–Crippen LogP) is 3.21. The molecule has 27 heavy (non-hydrogen) atoms. The third-order valence-corrected chi connectivity index (χ3v) is 4.92. The average molecular weight is 366 g/mol. The average Bonchev–Trinajstić information content (AvgIpc) is 3.14. The van der Waals surface area contributed by atoms with Gasteiger partial charge >= 0.3 is 0 Å². The summed E-state index contributed by atoms with van der Waals surface area (Å²) in [5, 5.41) is 2.93. The zero-order chi connectivity index (χ0) is 19.0. The SMILES string of the molecule is CC(C)C(=O)N1CCc2ccc(NC(=O)c3ccc4c(c3)OCO4)cc2C1. The summed E-state index contributed by atoms with van der Waals surface area (Å²) < 4.78 is 10.6. The standard InChI is InChI=1S/C21H22N2O4/c1-13(2)21(25)23-8-7-14-3-5-17(9-16(14)11-23)22-20(24)15-4-6-18-19(10-15)27-12-26-18/h3-6,9-10,13H,7-8,11-12H2,1-2H3,(H,22,24). The van der Waals surface area contributed by atoms with E-state index in [0.717, 1.165) is 24.2 Å². The first-order chi connectivity index (χ1) is 13.0. The predicted molar refractivity (Wildman–Crippen MR) is 101 cm³/mol. The lowest BCUT2D eigenvalue weighted by atomic mass is 9.98. The Kier molecular flexibility index (Phi) is 4.48. The summed E-state index contributed by atoms with van der Waals surface area (Å²) >= 11 is 0. The van der Waals surface area contributed by atoms with Crippen LogP contribution in [0.2, 0.25) is 0 Å². The quantitative estimate of drug-likeness (QED) is 0.906. The molecule has 4 rings (SSSR count). The molecule has 0 bridgehead atoms. The molecular formula is C21H22N2O4. The van der Waals surface area contributed by atoms with E-state index in [9.17, 15) is 9.59 Å². The zero-order valence-corrected chi connectivity index (χ0v) is 15.5. The highest BCUT2D eigenvalue weighted by molar-refractivity contribution is 6.04. The van der Waals surface area contributed by atoms with E-state index < -0.39 is 0 Å². The van der Waals surface area contributed by atoms with E-state index >= 15 is 0 Å². The zero-order valence-electron chi connectivity index (χ0n) is 15.5. The largest absolute Gasteiger partial charge is 0.454 e. The maximum atomic E-state index is 12.6. The van der Waals surface area contributed by atoms with Crippen LogP contribution in [0.4, 0.5) is 5.69 Å². The molecule has 2 aromatic carbocycles. The maximum absolute atomic E-state index is 12.6. The first-order valence-corrected chi connectivity index (χ1v) is 9.13. The molecule has 0 saturated heterocycles. The van der Waals surface area contributed by atoms with Crippen molar-refractivity contribution in [3.8, 4) is 11.5 Å². The summed E-state index contributed by atoms with van der Waals surface area (Å²) in [6, 6.07) is 11.0. The molecule has 0 aliphatic carbocycles. The number of benzene rings is 2. The van der Waals surface area contributed by atoms with E-state index in [1.165, 1.54) is 5.56 Å². The number of ether oxygens (including phenoxy) is 2. The number of nitrogens with one attached hydrogen (secondary N) is 1. The van der Waals surface area contributed by atoms with Gasteiger partial charge in [0.25, 0.3) is 5.91 Å². The highest BCUT2D eigenvalue weighted by Crippen LogP contribution is 2.32. The summed E-state index contributed by atoms with van der Waals surface area (Å²) in [5.74, 6) is 1.17. The van der Waals surface area contributed by atoms with E-state index in [-0.39, 0.29) is 24.5 Å². The molecule has 2 aromatic rings.